The summed E-state index contributed by atoms with van der Waals surface area (Å²) in [6, 6.07) is 11.4. The first kappa shape index (κ1) is 24.3. The molecule has 1 aliphatic rings. The molecule has 3 aromatic rings. The van der Waals surface area contributed by atoms with Gasteiger partial charge in [-0.25, -0.2) is 4.98 Å². The number of nitrogens with one attached hydrogen (secondary N) is 2. The van der Waals surface area contributed by atoms with Crippen LogP contribution in [-0.2, 0) is 11.3 Å². The van der Waals surface area contributed by atoms with Crippen LogP contribution in [-0.4, -0.2) is 53.6 Å². The Bertz CT molecular complexity index is 1160. The monoisotopic (exact) mass is 522 g/mol. The van der Waals surface area contributed by atoms with Crippen LogP contribution in [0.1, 0.15) is 28.8 Å². The van der Waals surface area contributed by atoms with E-state index in [9.17, 15) is 9.59 Å². The third kappa shape index (κ3) is 6.39. The van der Waals surface area contributed by atoms with E-state index in [1.807, 2.05) is 30.3 Å². The molecule has 174 valence electrons. The zero-order valence-corrected chi connectivity index (χ0v) is 21.2. The molecule has 1 fully saturated rings. The van der Waals surface area contributed by atoms with E-state index in [0.29, 0.717) is 21.4 Å². The SMILES string of the molecule is CNC(=O)c1ccc2nc(SCC(=O)NC3CCN(Cc4ccc(Cl)c(Cl)c4)CC3)sc2c1. The Hall–Kier alpha value is -1.84. The highest BCUT2D eigenvalue weighted by atomic mass is 35.5. The van der Waals surface area contributed by atoms with E-state index in [-0.39, 0.29) is 17.9 Å². The Labute approximate surface area is 211 Å². The highest BCUT2D eigenvalue weighted by molar-refractivity contribution is 8.01. The van der Waals surface area contributed by atoms with Crippen molar-refractivity contribution in [1.29, 1.82) is 0 Å². The number of hydrogen-bond acceptors (Lipinski definition) is 6. The zero-order valence-electron chi connectivity index (χ0n) is 18.1. The molecule has 0 atom stereocenters. The van der Waals surface area contributed by atoms with Gasteiger partial charge in [0.2, 0.25) is 5.91 Å². The third-order valence-corrected chi connectivity index (χ3v) is 8.43. The first-order valence-electron chi connectivity index (χ1n) is 10.6. The number of nitrogens with zero attached hydrogens (tertiary/aromatic N) is 2. The van der Waals surface area contributed by atoms with Crippen molar-refractivity contribution in [3.8, 4) is 0 Å². The Balaban J connectivity index is 1.22. The number of carbonyl (C=O) groups is 2. The summed E-state index contributed by atoms with van der Waals surface area (Å²) >= 11 is 15.0. The Kier molecular flexibility index (Phi) is 8.14. The zero-order chi connectivity index (χ0) is 23.4. The van der Waals surface area contributed by atoms with Gasteiger partial charge in [0.15, 0.2) is 4.34 Å². The number of benzene rings is 2. The lowest BCUT2D eigenvalue weighted by Gasteiger charge is -2.32. The minimum atomic E-state index is -0.123. The molecule has 2 amide bonds. The summed E-state index contributed by atoms with van der Waals surface area (Å²) in [5, 5.41) is 6.93. The summed E-state index contributed by atoms with van der Waals surface area (Å²) in [6.45, 7) is 2.67. The molecule has 2 heterocycles. The first-order chi connectivity index (χ1) is 15.9. The van der Waals surface area contributed by atoms with Crippen LogP contribution in [0.5, 0.6) is 0 Å². The smallest absolute Gasteiger partial charge is 0.251 e. The van der Waals surface area contributed by atoms with Crippen LogP contribution in [0.2, 0.25) is 10.0 Å². The van der Waals surface area contributed by atoms with Crippen molar-refractivity contribution in [2.75, 3.05) is 25.9 Å². The summed E-state index contributed by atoms with van der Waals surface area (Å²) in [7, 11) is 1.61. The second kappa shape index (κ2) is 11.1. The number of rotatable bonds is 7. The minimum absolute atomic E-state index is 0.0215. The number of thioether (sulfide) groups is 1. The molecule has 2 N–H and O–H groups in total. The standard InChI is InChI=1S/C23H24Cl2N4O2S2/c1-26-22(31)15-3-5-19-20(11-15)33-23(28-19)32-13-21(30)27-16-6-8-29(9-7-16)12-14-2-4-17(24)18(25)10-14/h2-5,10-11,16H,6-9,12-13H2,1H3,(H,26,31)(H,27,30). The van der Waals surface area contributed by atoms with Gasteiger partial charge in [-0.3, -0.25) is 14.5 Å². The minimum Gasteiger partial charge on any atom is -0.355 e. The van der Waals surface area contributed by atoms with Gasteiger partial charge < -0.3 is 10.6 Å². The number of hydrogen-bond donors (Lipinski definition) is 2. The van der Waals surface area contributed by atoms with E-state index < -0.39 is 0 Å². The van der Waals surface area contributed by atoms with E-state index in [1.54, 1.807) is 13.1 Å². The van der Waals surface area contributed by atoms with Crippen LogP contribution in [0.3, 0.4) is 0 Å². The fraction of sp³-hybridized carbons (Fsp3) is 0.348. The summed E-state index contributed by atoms with van der Waals surface area (Å²) in [5.41, 5.74) is 2.58. The van der Waals surface area contributed by atoms with Crippen molar-refractivity contribution in [2.24, 2.45) is 0 Å². The normalized spacial score (nSPS) is 15.0. The molecular formula is C23H24Cl2N4O2S2. The lowest BCUT2D eigenvalue weighted by Crippen LogP contribution is -2.44. The van der Waals surface area contributed by atoms with E-state index in [4.69, 9.17) is 23.2 Å². The van der Waals surface area contributed by atoms with Crippen molar-refractivity contribution in [2.45, 2.75) is 29.8 Å². The van der Waals surface area contributed by atoms with Gasteiger partial charge in [-0.15, -0.1) is 11.3 Å². The molecule has 0 aliphatic carbocycles. The molecule has 0 saturated carbocycles. The molecule has 4 rings (SSSR count). The molecule has 33 heavy (non-hydrogen) atoms. The van der Waals surface area contributed by atoms with Crippen molar-refractivity contribution in [3.63, 3.8) is 0 Å². The Morgan fingerprint density at radius 3 is 2.67 bits per heavy atom. The van der Waals surface area contributed by atoms with Crippen LogP contribution >= 0.6 is 46.3 Å². The van der Waals surface area contributed by atoms with Gasteiger partial charge in [0.05, 0.1) is 26.0 Å². The van der Waals surface area contributed by atoms with Crippen molar-refractivity contribution < 1.29 is 9.59 Å². The highest BCUT2D eigenvalue weighted by Crippen LogP contribution is 2.30. The van der Waals surface area contributed by atoms with Gasteiger partial charge in [-0.2, -0.15) is 0 Å². The molecule has 1 aromatic heterocycles. The summed E-state index contributed by atoms with van der Waals surface area (Å²) < 4.78 is 1.76. The topological polar surface area (TPSA) is 74.3 Å². The quantitative estimate of drug-likeness (QED) is 0.434. The van der Waals surface area contributed by atoms with Crippen LogP contribution in [0, 0.1) is 0 Å². The predicted molar refractivity (Wildman–Crippen MR) is 137 cm³/mol. The lowest BCUT2D eigenvalue weighted by atomic mass is 10.0. The third-order valence-electron chi connectivity index (χ3n) is 5.53. The first-order valence-corrected chi connectivity index (χ1v) is 13.2. The predicted octanol–water partition coefficient (Wildman–Crippen LogP) is 4.84. The number of piperidine rings is 1. The molecule has 0 bridgehead atoms. The summed E-state index contributed by atoms with van der Waals surface area (Å²) in [4.78, 5) is 31.2. The van der Waals surface area contributed by atoms with Crippen molar-refractivity contribution >= 4 is 68.3 Å². The maximum atomic E-state index is 12.5. The Morgan fingerprint density at radius 1 is 1.15 bits per heavy atom. The molecule has 0 unspecified atom stereocenters. The number of thiazole rings is 1. The molecular weight excluding hydrogens is 499 g/mol. The summed E-state index contributed by atoms with van der Waals surface area (Å²) in [5.74, 6) is 0.223. The maximum Gasteiger partial charge on any atom is 0.251 e. The average molecular weight is 524 g/mol. The van der Waals surface area contributed by atoms with Crippen molar-refractivity contribution in [3.05, 3.63) is 57.6 Å². The summed E-state index contributed by atoms with van der Waals surface area (Å²) in [6.07, 6.45) is 1.84. The molecule has 6 nitrogen and oxygen atoms in total. The second-order valence-corrected chi connectivity index (χ2v) is 11.0. The number of halogens is 2. The van der Waals surface area contributed by atoms with Gasteiger partial charge in [0.1, 0.15) is 0 Å². The highest BCUT2D eigenvalue weighted by Gasteiger charge is 2.21. The maximum absolute atomic E-state index is 12.5. The second-order valence-electron chi connectivity index (χ2n) is 7.90. The molecule has 0 spiro atoms. The van der Waals surface area contributed by atoms with Gasteiger partial charge >= 0.3 is 0 Å². The fourth-order valence-corrected chi connectivity index (χ4v) is 6.02. The fourth-order valence-electron chi connectivity index (χ4n) is 3.78. The molecule has 10 heteroatoms. The molecule has 2 aromatic carbocycles. The van der Waals surface area contributed by atoms with Gasteiger partial charge in [0.25, 0.3) is 5.91 Å². The number of fused-ring (bicyclic) bond motifs is 1. The van der Waals surface area contributed by atoms with E-state index in [2.05, 4.69) is 20.5 Å². The number of aromatic nitrogens is 1. The van der Waals surface area contributed by atoms with E-state index in [1.165, 1.54) is 23.1 Å². The largest absolute Gasteiger partial charge is 0.355 e. The van der Waals surface area contributed by atoms with Crippen LogP contribution in [0.4, 0.5) is 0 Å². The van der Waals surface area contributed by atoms with E-state index >= 15 is 0 Å². The molecule has 1 aliphatic heterocycles. The van der Waals surface area contributed by atoms with Crippen molar-refractivity contribution in [1.82, 2.24) is 20.5 Å². The van der Waals surface area contributed by atoms with Gasteiger partial charge in [-0.1, -0.05) is 41.0 Å². The lowest BCUT2D eigenvalue weighted by molar-refractivity contribution is -0.119. The number of carbonyl (C=O) groups excluding carboxylic acids is 2. The Morgan fingerprint density at radius 2 is 1.94 bits per heavy atom. The molecule has 0 radical (unpaired) electrons. The van der Waals surface area contributed by atoms with Gasteiger partial charge in [-0.05, 0) is 48.7 Å². The molecule has 1 saturated heterocycles. The number of likely N-dealkylation sites (tertiary alicyclic amines) is 1. The van der Waals surface area contributed by atoms with Crippen LogP contribution < -0.4 is 10.6 Å². The average Bonchev–Trinajstić information content (AvgIpc) is 3.23. The van der Waals surface area contributed by atoms with Crippen LogP contribution in [0.25, 0.3) is 10.2 Å². The number of amides is 2. The van der Waals surface area contributed by atoms with Gasteiger partial charge in [0, 0.05) is 38.3 Å². The van der Waals surface area contributed by atoms with Crippen LogP contribution in [0.15, 0.2) is 40.7 Å². The van der Waals surface area contributed by atoms with E-state index in [0.717, 1.165) is 52.6 Å².